The summed E-state index contributed by atoms with van der Waals surface area (Å²) in [7, 11) is 0. The Labute approximate surface area is 142 Å². The highest BCUT2D eigenvalue weighted by Gasteiger charge is 2.29. The van der Waals surface area contributed by atoms with E-state index in [1.54, 1.807) is 40.7 Å². The summed E-state index contributed by atoms with van der Waals surface area (Å²) >= 11 is 0. The summed E-state index contributed by atoms with van der Waals surface area (Å²) in [5.41, 5.74) is 0.219. The number of ether oxygens (including phenoxy) is 2. The maximum absolute atomic E-state index is 12.1. The predicted molar refractivity (Wildman–Crippen MR) is 89.8 cm³/mol. The van der Waals surface area contributed by atoms with Crippen LogP contribution in [0.4, 0.5) is 10.5 Å². The van der Waals surface area contributed by atoms with E-state index in [2.05, 4.69) is 10.3 Å². The molecule has 1 rings (SSSR count). The van der Waals surface area contributed by atoms with Crippen LogP contribution >= 0.6 is 0 Å². The van der Waals surface area contributed by atoms with Gasteiger partial charge in [-0.1, -0.05) is 6.92 Å². The number of esters is 1. The SMILES string of the molecule is CCOC(=O)C(c1cncc(NC(=O)OC(C)(C)C)c1)C(O)CC. The first-order chi connectivity index (χ1) is 11.2. The van der Waals surface area contributed by atoms with E-state index in [1.807, 2.05) is 0 Å². The molecule has 0 spiro atoms. The summed E-state index contributed by atoms with van der Waals surface area (Å²) in [4.78, 5) is 28.0. The van der Waals surface area contributed by atoms with Gasteiger partial charge in [0.15, 0.2) is 0 Å². The lowest BCUT2D eigenvalue weighted by Crippen LogP contribution is -2.28. The minimum Gasteiger partial charge on any atom is -0.465 e. The number of nitrogens with one attached hydrogen (secondary N) is 1. The quantitative estimate of drug-likeness (QED) is 0.774. The molecule has 0 fully saturated rings. The highest BCUT2D eigenvalue weighted by atomic mass is 16.6. The molecule has 2 unspecified atom stereocenters. The van der Waals surface area contributed by atoms with Crippen LogP contribution in [0.25, 0.3) is 0 Å². The highest BCUT2D eigenvalue weighted by Crippen LogP contribution is 2.25. The molecule has 2 N–H and O–H groups in total. The van der Waals surface area contributed by atoms with Crippen LogP contribution in [0.2, 0.25) is 0 Å². The van der Waals surface area contributed by atoms with E-state index in [0.717, 1.165) is 0 Å². The van der Waals surface area contributed by atoms with E-state index in [1.165, 1.54) is 12.4 Å². The van der Waals surface area contributed by atoms with Gasteiger partial charge in [0.05, 0.1) is 24.6 Å². The van der Waals surface area contributed by atoms with E-state index < -0.39 is 29.7 Å². The van der Waals surface area contributed by atoms with E-state index >= 15 is 0 Å². The number of carbonyl (C=O) groups is 2. The van der Waals surface area contributed by atoms with Crippen LogP contribution in [0.5, 0.6) is 0 Å². The van der Waals surface area contributed by atoms with Gasteiger partial charge in [-0.05, 0) is 45.7 Å². The number of hydrogen-bond acceptors (Lipinski definition) is 6. The molecule has 0 radical (unpaired) electrons. The van der Waals surface area contributed by atoms with E-state index in [4.69, 9.17) is 9.47 Å². The van der Waals surface area contributed by atoms with Gasteiger partial charge in [-0.25, -0.2) is 4.79 Å². The minimum absolute atomic E-state index is 0.217. The maximum atomic E-state index is 12.1. The zero-order chi connectivity index (χ0) is 18.3. The van der Waals surface area contributed by atoms with Crippen molar-refractivity contribution in [2.45, 2.75) is 58.7 Å². The third kappa shape index (κ3) is 6.16. The summed E-state index contributed by atoms with van der Waals surface area (Å²) in [5, 5.41) is 12.7. The smallest absolute Gasteiger partial charge is 0.412 e. The van der Waals surface area contributed by atoms with Gasteiger partial charge in [-0.3, -0.25) is 15.1 Å². The molecule has 0 aliphatic heterocycles. The van der Waals surface area contributed by atoms with Gasteiger partial charge in [-0.2, -0.15) is 0 Å². The van der Waals surface area contributed by atoms with Crippen molar-refractivity contribution in [3.63, 3.8) is 0 Å². The van der Waals surface area contributed by atoms with Crippen LogP contribution in [-0.2, 0) is 14.3 Å². The Morgan fingerprint density at radius 1 is 1.29 bits per heavy atom. The fourth-order valence-corrected chi connectivity index (χ4v) is 2.10. The summed E-state index contributed by atoms with van der Waals surface area (Å²) in [6.07, 6.45) is 1.77. The fourth-order valence-electron chi connectivity index (χ4n) is 2.10. The molecule has 0 saturated carbocycles. The number of anilines is 1. The van der Waals surface area contributed by atoms with Crippen molar-refractivity contribution in [2.75, 3.05) is 11.9 Å². The second kappa shape index (κ2) is 8.63. The fraction of sp³-hybridized carbons (Fsp3) is 0.588. The predicted octanol–water partition coefficient (Wildman–Crippen LogP) is 2.85. The van der Waals surface area contributed by atoms with Crippen LogP contribution in [0.3, 0.4) is 0 Å². The van der Waals surface area contributed by atoms with Crippen molar-refractivity contribution in [1.82, 2.24) is 4.98 Å². The molecular formula is C17H26N2O5. The van der Waals surface area contributed by atoms with Crippen molar-refractivity contribution in [2.24, 2.45) is 0 Å². The molecule has 0 aliphatic rings. The van der Waals surface area contributed by atoms with Crippen LogP contribution in [-0.4, -0.2) is 40.5 Å². The van der Waals surface area contributed by atoms with Crippen LogP contribution < -0.4 is 5.32 Å². The van der Waals surface area contributed by atoms with Gasteiger partial charge in [-0.15, -0.1) is 0 Å². The van der Waals surface area contributed by atoms with Gasteiger partial charge in [0.1, 0.15) is 11.5 Å². The maximum Gasteiger partial charge on any atom is 0.412 e. The molecule has 7 heteroatoms. The Kier molecular flexibility index (Phi) is 7.16. The number of pyridine rings is 1. The first-order valence-corrected chi connectivity index (χ1v) is 7.97. The Hall–Kier alpha value is -2.15. The average Bonchev–Trinajstić information content (AvgIpc) is 2.45. The standard InChI is InChI=1S/C17H26N2O5/c1-6-13(20)14(15(21)23-7-2)11-8-12(10-18-9-11)19-16(22)24-17(3,4)5/h8-10,13-14,20H,6-7H2,1-5H3,(H,19,22). The summed E-state index contributed by atoms with van der Waals surface area (Å²) in [6.45, 7) is 8.97. The molecule has 2 atom stereocenters. The largest absolute Gasteiger partial charge is 0.465 e. The lowest BCUT2D eigenvalue weighted by atomic mass is 9.93. The molecule has 24 heavy (non-hydrogen) atoms. The Bertz CT molecular complexity index is 568. The van der Waals surface area contributed by atoms with Crippen molar-refractivity contribution < 1.29 is 24.2 Å². The summed E-state index contributed by atoms with van der Waals surface area (Å²) in [6, 6.07) is 1.58. The van der Waals surface area contributed by atoms with E-state index in [9.17, 15) is 14.7 Å². The van der Waals surface area contributed by atoms with Crippen LogP contribution in [0.1, 0.15) is 52.5 Å². The van der Waals surface area contributed by atoms with Gasteiger partial charge in [0, 0.05) is 6.20 Å². The second-order valence-electron chi connectivity index (χ2n) is 6.34. The molecule has 134 valence electrons. The van der Waals surface area contributed by atoms with Gasteiger partial charge >= 0.3 is 12.1 Å². The highest BCUT2D eigenvalue weighted by molar-refractivity contribution is 5.85. The Morgan fingerprint density at radius 2 is 1.96 bits per heavy atom. The number of aliphatic hydroxyl groups is 1. The minimum atomic E-state index is -0.900. The number of nitrogens with zero attached hydrogens (tertiary/aromatic N) is 1. The lowest BCUT2D eigenvalue weighted by Gasteiger charge is -2.22. The normalized spacial score (nSPS) is 13.8. The molecule has 1 heterocycles. The third-order valence-electron chi connectivity index (χ3n) is 3.11. The van der Waals surface area contributed by atoms with Crippen molar-refractivity contribution in [1.29, 1.82) is 0 Å². The zero-order valence-electron chi connectivity index (χ0n) is 14.8. The lowest BCUT2D eigenvalue weighted by molar-refractivity contribution is -0.147. The zero-order valence-corrected chi connectivity index (χ0v) is 14.8. The molecule has 1 amide bonds. The summed E-state index contributed by atoms with van der Waals surface area (Å²) < 4.78 is 10.2. The molecule has 0 aliphatic carbocycles. The van der Waals surface area contributed by atoms with Gasteiger partial charge < -0.3 is 14.6 Å². The van der Waals surface area contributed by atoms with Crippen molar-refractivity contribution >= 4 is 17.7 Å². The second-order valence-corrected chi connectivity index (χ2v) is 6.34. The number of aliphatic hydroxyl groups excluding tert-OH is 1. The first kappa shape index (κ1) is 19.9. The average molecular weight is 338 g/mol. The van der Waals surface area contributed by atoms with Gasteiger partial charge in [0.25, 0.3) is 0 Å². The number of amides is 1. The molecule has 0 bridgehead atoms. The molecule has 1 aromatic rings. The number of carbonyl (C=O) groups excluding carboxylic acids is 2. The molecular weight excluding hydrogens is 312 g/mol. The number of rotatable bonds is 6. The van der Waals surface area contributed by atoms with Crippen molar-refractivity contribution in [3.05, 3.63) is 24.0 Å². The Balaban J connectivity index is 2.99. The van der Waals surface area contributed by atoms with Gasteiger partial charge in [0.2, 0.25) is 0 Å². The number of aromatic nitrogens is 1. The topological polar surface area (TPSA) is 97.8 Å². The molecule has 0 saturated heterocycles. The molecule has 7 nitrogen and oxygen atoms in total. The number of hydrogen-bond donors (Lipinski definition) is 2. The third-order valence-corrected chi connectivity index (χ3v) is 3.11. The molecule has 1 aromatic heterocycles. The molecule has 0 aromatic carbocycles. The Morgan fingerprint density at radius 3 is 2.50 bits per heavy atom. The first-order valence-electron chi connectivity index (χ1n) is 7.97. The van der Waals surface area contributed by atoms with E-state index in [0.29, 0.717) is 17.7 Å². The van der Waals surface area contributed by atoms with E-state index in [-0.39, 0.29) is 6.61 Å². The van der Waals surface area contributed by atoms with Crippen LogP contribution in [0.15, 0.2) is 18.5 Å². The van der Waals surface area contributed by atoms with Crippen molar-refractivity contribution in [3.8, 4) is 0 Å². The summed E-state index contributed by atoms with van der Waals surface area (Å²) in [5.74, 6) is -1.38. The monoisotopic (exact) mass is 338 g/mol. The van der Waals surface area contributed by atoms with Crippen LogP contribution in [0, 0.1) is 0 Å².